The van der Waals surface area contributed by atoms with E-state index in [0.29, 0.717) is 22.4 Å². The van der Waals surface area contributed by atoms with E-state index < -0.39 is 5.76 Å². The molecule has 2 nitrogen and oxygen atoms in total. The van der Waals surface area contributed by atoms with Crippen molar-refractivity contribution in [2.45, 2.75) is 10.7 Å². The van der Waals surface area contributed by atoms with Crippen molar-refractivity contribution >= 4 is 45.5 Å². The first-order chi connectivity index (χ1) is 13.1. The Bertz CT molecular complexity index is 1100. The summed E-state index contributed by atoms with van der Waals surface area (Å²) in [5.41, 5.74) is 2.06. The van der Waals surface area contributed by atoms with E-state index >= 15 is 0 Å². The second kappa shape index (κ2) is 7.66. The van der Waals surface area contributed by atoms with Crippen molar-refractivity contribution < 1.29 is 17.8 Å². The second-order valence-corrected chi connectivity index (χ2v) is 8.03. The average molecular weight is 400 g/mol. The van der Waals surface area contributed by atoms with Gasteiger partial charge in [0.15, 0.2) is 0 Å². The SMILES string of the molecule is C[n+]1c(/C=C/c2ccc(-c3ccc(SC(F)F)cc3)o2)sc2ccccc21. The molecule has 0 spiro atoms. The van der Waals surface area contributed by atoms with Gasteiger partial charge in [0.1, 0.15) is 23.3 Å². The van der Waals surface area contributed by atoms with Gasteiger partial charge in [-0.15, -0.1) is 0 Å². The molecule has 0 saturated carbocycles. The fourth-order valence-corrected chi connectivity index (χ4v) is 4.37. The summed E-state index contributed by atoms with van der Waals surface area (Å²) in [6.45, 7) is 0. The molecule has 0 saturated heterocycles. The molecule has 0 N–H and O–H groups in total. The highest BCUT2D eigenvalue weighted by Crippen LogP contribution is 2.29. The maximum atomic E-state index is 12.4. The Kier molecular flexibility index (Phi) is 5.09. The van der Waals surface area contributed by atoms with Crippen molar-refractivity contribution in [1.29, 1.82) is 0 Å². The summed E-state index contributed by atoms with van der Waals surface area (Å²) in [5, 5.41) is 1.13. The van der Waals surface area contributed by atoms with Gasteiger partial charge in [-0.2, -0.15) is 13.3 Å². The molecule has 0 fully saturated rings. The fraction of sp³-hybridized carbons (Fsp3) is 0.0952. The molecule has 2 aromatic carbocycles. The number of alkyl halides is 2. The molecule has 0 radical (unpaired) electrons. The van der Waals surface area contributed by atoms with Crippen LogP contribution in [0.3, 0.4) is 0 Å². The molecule has 0 aliphatic heterocycles. The van der Waals surface area contributed by atoms with Crippen LogP contribution in [0.25, 0.3) is 33.7 Å². The summed E-state index contributed by atoms with van der Waals surface area (Å²) in [4.78, 5) is 0.540. The number of thioether (sulfide) groups is 1. The average Bonchev–Trinajstić information content (AvgIpc) is 3.25. The summed E-state index contributed by atoms with van der Waals surface area (Å²) in [6.07, 6.45) is 3.98. The maximum Gasteiger partial charge on any atom is 0.288 e. The third-order valence-corrected chi connectivity index (χ3v) is 6.06. The van der Waals surface area contributed by atoms with Gasteiger partial charge < -0.3 is 4.42 Å². The number of thiazole rings is 1. The number of benzene rings is 2. The second-order valence-electron chi connectivity index (χ2n) is 5.91. The highest BCUT2D eigenvalue weighted by atomic mass is 32.2. The minimum Gasteiger partial charge on any atom is -0.457 e. The molecule has 0 unspecified atom stereocenters. The third-order valence-electron chi connectivity index (χ3n) is 4.15. The van der Waals surface area contributed by atoms with Gasteiger partial charge in [-0.25, -0.2) is 0 Å². The molecule has 0 amide bonds. The summed E-state index contributed by atoms with van der Waals surface area (Å²) in [7, 11) is 2.05. The molecular formula is C21H16F2NOS2+. The third kappa shape index (κ3) is 3.96. The Balaban J connectivity index is 1.53. The minimum absolute atomic E-state index is 0.540. The molecular weight excluding hydrogens is 384 g/mol. The summed E-state index contributed by atoms with van der Waals surface area (Å²) in [6, 6.07) is 19.0. The van der Waals surface area contributed by atoms with Crippen LogP contribution in [-0.2, 0) is 7.05 Å². The molecule has 0 atom stereocenters. The molecule has 4 rings (SSSR count). The number of nitrogens with zero attached hydrogens (tertiary/aromatic N) is 1. The number of aromatic nitrogens is 1. The van der Waals surface area contributed by atoms with E-state index in [1.54, 1.807) is 35.6 Å². The van der Waals surface area contributed by atoms with Gasteiger partial charge in [0, 0.05) is 22.6 Å². The maximum absolute atomic E-state index is 12.4. The van der Waals surface area contributed by atoms with Crippen molar-refractivity contribution in [3.8, 4) is 11.3 Å². The van der Waals surface area contributed by atoms with Crippen LogP contribution >= 0.6 is 23.1 Å². The number of rotatable bonds is 5. The van der Waals surface area contributed by atoms with Crippen molar-refractivity contribution in [2.24, 2.45) is 7.05 Å². The summed E-state index contributed by atoms with van der Waals surface area (Å²) < 4.78 is 34.1. The van der Waals surface area contributed by atoms with Crippen LogP contribution in [0.1, 0.15) is 10.8 Å². The zero-order chi connectivity index (χ0) is 18.8. The lowest BCUT2D eigenvalue weighted by Crippen LogP contribution is -2.28. The molecule has 0 aliphatic rings. The quantitative estimate of drug-likeness (QED) is 0.282. The number of hydrogen-bond donors (Lipinski definition) is 0. The molecule has 4 aromatic rings. The number of fused-ring (bicyclic) bond motifs is 1. The Morgan fingerprint density at radius 3 is 2.52 bits per heavy atom. The number of aryl methyl sites for hydroxylation is 1. The minimum atomic E-state index is -2.41. The monoisotopic (exact) mass is 400 g/mol. The van der Waals surface area contributed by atoms with Gasteiger partial charge in [-0.1, -0.05) is 47.4 Å². The zero-order valence-electron chi connectivity index (χ0n) is 14.4. The van der Waals surface area contributed by atoms with Crippen LogP contribution in [0.4, 0.5) is 8.78 Å². The zero-order valence-corrected chi connectivity index (χ0v) is 16.1. The fourth-order valence-electron chi connectivity index (χ4n) is 2.82. The lowest BCUT2D eigenvalue weighted by atomic mass is 10.2. The number of furan rings is 1. The highest BCUT2D eigenvalue weighted by Gasteiger charge is 2.13. The smallest absolute Gasteiger partial charge is 0.288 e. The predicted molar refractivity (Wildman–Crippen MR) is 108 cm³/mol. The van der Waals surface area contributed by atoms with E-state index in [4.69, 9.17) is 4.42 Å². The van der Waals surface area contributed by atoms with E-state index in [1.165, 1.54) is 10.2 Å². The van der Waals surface area contributed by atoms with Gasteiger partial charge >= 0.3 is 0 Å². The first kappa shape index (κ1) is 17.9. The molecule has 27 heavy (non-hydrogen) atoms. The summed E-state index contributed by atoms with van der Waals surface area (Å²) >= 11 is 2.26. The van der Waals surface area contributed by atoms with Crippen LogP contribution < -0.4 is 4.57 Å². The van der Waals surface area contributed by atoms with Crippen molar-refractivity contribution in [3.63, 3.8) is 0 Å². The van der Waals surface area contributed by atoms with Gasteiger partial charge in [-0.05, 0) is 36.4 Å². The highest BCUT2D eigenvalue weighted by molar-refractivity contribution is 7.99. The molecule has 2 heterocycles. The Morgan fingerprint density at radius 2 is 1.78 bits per heavy atom. The van der Waals surface area contributed by atoms with Crippen LogP contribution in [0, 0.1) is 0 Å². The first-order valence-corrected chi connectivity index (χ1v) is 10.0. The Morgan fingerprint density at radius 1 is 1.00 bits per heavy atom. The van der Waals surface area contributed by atoms with Gasteiger partial charge in [0.2, 0.25) is 5.52 Å². The van der Waals surface area contributed by atoms with E-state index in [0.717, 1.165) is 16.3 Å². The molecule has 6 heteroatoms. The van der Waals surface area contributed by atoms with Crippen LogP contribution in [0.5, 0.6) is 0 Å². The predicted octanol–water partition coefficient (Wildman–Crippen LogP) is 6.47. The van der Waals surface area contributed by atoms with Gasteiger partial charge in [0.05, 0.1) is 0 Å². The van der Waals surface area contributed by atoms with E-state index in [9.17, 15) is 8.78 Å². The number of hydrogen-bond acceptors (Lipinski definition) is 3. The molecule has 2 aromatic heterocycles. The Labute approximate surface area is 163 Å². The van der Waals surface area contributed by atoms with Crippen molar-refractivity contribution in [1.82, 2.24) is 0 Å². The van der Waals surface area contributed by atoms with Crippen LogP contribution in [-0.4, -0.2) is 5.76 Å². The van der Waals surface area contributed by atoms with Gasteiger partial charge in [0.25, 0.3) is 10.8 Å². The molecule has 0 bridgehead atoms. The van der Waals surface area contributed by atoms with Crippen LogP contribution in [0.15, 0.2) is 70.0 Å². The van der Waals surface area contributed by atoms with E-state index in [-0.39, 0.29) is 0 Å². The lowest BCUT2D eigenvalue weighted by molar-refractivity contribution is -0.642. The largest absolute Gasteiger partial charge is 0.457 e. The first-order valence-electron chi connectivity index (χ1n) is 8.31. The van der Waals surface area contributed by atoms with Crippen molar-refractivity contribution in [3.05, 3.63) is 71.4 Å². The lowest BCUT2D eigenvalue weighted by Gasteiger charge is -2.01. The van der Waals surface area contributed by atoms with Crippen molar-refractivity contribution in [2.75, 3.05) is 0 Å². The topological polar surface area (TPSA) is 17.0 Å². The van der Waals surface area contributed by atoms with E-state index in [1.807, 2.05) is 43.5 Å². The van der Waals surface area contributed by atoms with E-state index in [2.05, 4.69) is 16.7 Å². The summed E-state index contributed by atoms with van der Waals surface area (Å²) in [5.74, 6) is -0.955. The molecule has 136 valence electrons. The standard InChI is InChI=1S/C21H16F2NOS2/c1-24-17-4-2-3-5-19(17)27-20(24)13-9-15-8-12-18(25-15)14-6-10-16(11-7-14)26-21(22)23/h2-13,21H,1H3/q+1/b13-9+. The normalized spacial score (nSPS) is 11.9. The number of para-hydroxylation sites is 1. The van der Waals surface area contributed by atoms with Gasteiger partial charge in [-0.3, -0.25) is 0 Å². The number of halogens is 2. The Hall–Kier alpha value is -2.44. The molecule has 0 aliphatic carbocycles. The van der Waals surface area contributed by atoms with Crippen LogP contribution in [0.2, 0.25) is 0 Å².